The Hall–Kier alpha value is -2.96. The Morgan fingerprint density at radius 3 is 2.34 bits per heavy atom. The highest BCUT2D eigenvalue weighted by atomic mass is 19.1. The number of anilines is 1. The van der Waals surface area contributed by atoms with Crippen molar-refractivity contribution in [1.29, 1.82) is 0 Å². The zero-order valence-corrected chi connectivity index (χ0v) is 28.4. The third-order valence-corrected chi connectivity index (χ3v) is 11.9. The van der Waals surface area contributed by atoms with Crippen LogP contribution >= 0.6 is 0 Å². The van der Waals surface area contributed by atoms with Crippen molar-refractivity contribution in [3.8, 4) is 0 Å². The summed E-state index contributed by atoms with van der Waals surface area (Å²) in [6.45, 7) is 6.97. The number of fused-ring (bicyclic) bond motifs is 8. The summed E-state index contributed by atoms with van der Waals surface area (Å²) in [6.07, 6.45) is 2.68. The van der Waals surface area contributed by atoms with Gasteiger partial charge in [0.15, 0.2) is 12.1 Å². The van der Waals surface area contributed by atoms with Crippen molar-refractivity contribution in [2.24, 2.45) is 17.8 Å². The standard InChI is InChI=1S/C35H49F2N5O5/c1-7-26(47-6)33(45)42(5)27-17-35(27,37)34(46)39-29(28(21-8-9-21)22-10-11-22)31(43)38-25-13-12-23(16-24(25)36)20(3)30(42)32(44)41-15-14-40(4)19(2)18-41/h12-13,16,19-22,26-30H,7-11,14-15,17-18H2,1-6H3,(H-,38,39,43,46)/p+1/t19-,20+,26?,27?,29+,30-,35?,42?/m1/s1. The van der Waals surface area contributed by atoms with Gasteiger partial charge in [0.1, 0.15) is 17.9 Å². The predicted molar refractivity (Wildman–Crippen MR) is 171 cm³/mol. The lowest BCUT2D eigenvalue weighted by molar-refractivity contribution is -0.867. The average Bonchev–Trinajstić information content (AvgIpc) is 3.90. The molecular formula is C35H50F2N5O5+. The number of carbonyl (C=O) groups is 4. The molecule has 12 heteroatoms. The molecule has 258 valence electrons. The number of hydrogen-bond donors (Lipinski definition) is 2. The number of alkyl halides is 1. The van der Waals surface area contributed by atoms with E-state index < -0.39 is 63.8 Å². The van der Waals surface area contributed by atoms with E-state index in [9.17, 15) is 19.2 Å². The van der Waals surface area contributed by atoms with Gasteiger partial charge >= 0.3 is 5.91 Å². The lowest BCUT2D eigenvalue weighted by Gasteiger charge is -2.46. The molecule has 1 aromatic rings. The first-order valence-corrected chi connectivity index (χ1v) is 17.3. The number of piperazine rings is 1. The minimum atomic E-state index is -2.50. The number of nitrogens with one attached hydrogen (secondary N) is 2. The molecule has 8 atom stereocenters. The summed E-state index contributed by atoms with van der Waals surface area (Å²) >= 11 is 0. The number of likely N-dealkylation sites (N-methyl/N-ethyl adjacent to an activating group) is 2. The fourth-order valence-corrected chi connectivity index (χ4v) is 8.46. The van der Waals surface area contributed by atoms with E-state index in [2.05, 4.69) is 15.5 Å². The SMILES string of the molecule is CCC(OC)C(=O)[N+]1(C)C2CC2(F)C(=O)N[C@@H](C(C2CC2)C2CC2)C(=O)Nc2ccc(cc2F)[C@H](C)[C@@H]1C(=O)N1CCN(C)[C@H](C)C1. The van der Waals surface area contributed by atoms with Crippen LogP contribution in [0.25, 0.3) is 0 Å². The molecule has 0 radical (unpaired) electrons. The van der Waals surface area contributed by atoms with Crippen LogP contribution < -0.4 is 10.6 Å². The smallest absolute Gasteiger partial charge is 0.343 e. The number of ether oxygens (including phenoxy) is 1. The molecule has 10 nitrogen and oxygen atoms in total. The Morgan fingerprint density at radius 1 is 1.13 bits per heavy atom. The molecule has 1 saturated heterocycles. The second kappa shape index (κ2) is 12.5. The molecule has 3 saturated carbocycles. The summed E-state index contributed by atoms with van der Waals surface area (Å²) in [4.78, 5) is 61.1. The number of amides is 4. The van der Waals surface area contributed by atoms with Gasteiger partial charge in [0.25, 0.3) is 11.8 Å². The van der Waals surface area contributed by atoms with Gasteiger partial charge in [-0.05, 0) is 81.5 Å². The van der Waals surface area contributed by atoms with Crippen molar-refractivity contribution in [3.63, 3.8) is 0 Å². The van der Waals surface area contributed by atoms with Crippen LogP contribution in [-0.2, 0) is 23.9 Å². The fourth-order valence-electron chi connectivity index (χ4n) is 8.46. The third-order valence-electron chi connectivity index (χ3n) is 11.9. The van der Waals surface area contributed by atoms with Crippen molar-refractivity contribution in [1.82, 2.24) is 15.1 Å². The van der Waals surface area contributed by atoms with E-state index in [1.54, 1.807) is 31.9 Å². The van der Waals surface area contributed by atoms with Crippen molar-refractivity contribution < 1.29 is 37.2 Å². The summed E-state index contributed by atoms with van der Waals surface area (Å²) in [6, 6.07) is 1.03. The van der Waals surface area contributed by atoms with E-state index in [0.717, 1.165) is 25.7 Å². The van der Waals surface area contributed by atoms with Gasteiger partial charge in [-0.1, -0.05) is 19.9 Å². The molecule has 47 heavy (non-hydrogen) atoms. The van der Waals surface area contributed by atoms with Crippen LogP contribution in [0.2, 0.25) is 0 Å². The van der Waals surface area contributed by atoms with E-state index in [0.29, 0.717) is 25.2 Å². The monoisotopic (exact) mass is 658 g/mol. The minimum absolute atomic E-state index is 0.0495. The largest absolute Gasteiger partial charge is 0.367 e. The van der Waals surface area contributed by atoms with Gasteiger partial charge in [0, 0.05) is 38.7 Å². The number of halogens is 2. The molecule has 6 aliphatic rings. The molecule has 4 fully saturated rings. The number of nitrogens with zero attached hydrogens (tertiary/aromatic N) is 3. The maximum absolute atomic E-state index is 17.2. The van der Waals surface area contributed by atoms with Gasteiger partial charge in [-0.15, -0.1) is 0 Å². The number of rotatable bonds is 7. The molecule has 0 spiro atoms. The molecule has 0 aromatic heterocycles. The van der Waals surface area contributed by atoms with Gasteiger partial charge in [-0.3, -0.25) is 14.4 Å². The first-order chi connectivity index (χ1) is 22.3. The number of hydrogen-bond acceptors (Lipinski definition) is 6. The maximum atomic E-state index is 17.2. The molecule has 1 aromatic carbocycles. The Balaban J connectivity index is 1.49. The molecule has 2 bridgehead atoms. The molecule has 7 rings (SSSR count). The first-order valence-electron chi connectivity index (χ1n) is 17.3. The lowest BCUT2D eigenvalue weighted by atomic mass is 9.87. The van der Waals surface area contributed by atoms with Gasteiger partial charge in [-0.2, -0.15) is 0 Å². The first kappa shape index (κ1) is 33.9. The molecule has 4 unspecified atom stereocenters. The van der Waals surface area contributed by atoms with Crippen LogP contribution in [0.15, 0.2) is 18.2 Å². The summed E-state index contributed by atoms with van der Waals surface area (Å²) in [7, 11) is 4.93. The van der Waals surface area contributed by atoms with Crippen LogP contribution in [0.4, 0.5) is 14.5 Å². The van der Waals surface area contributed by atoms with Crippen LogP contribution in [0, 0.1) is 23.6 Å². The highest BCUT2D eigenvalue weighted by Crippen LogP contribution is 2.54. The Bertz CT molecular complexity index is 1420. The van der Waals surface area contributed by atoms with Crippen LogP contribution in [0.5, 0.6) is 0 Å². The topological polar surface area (TPSA) is 108 Å². The fraction of sp³-hybridized carbons (Fsp3) is 0.714. The number of benzene rings is 1. The van der Waals surface area contributed by atoms with E-state index >= 15 is 8.78 Å². The van der Waals surface area contributed by atoms with Gasteiger partial charge in [-0.25, -0.2) is 18.1 Å². The molecule has 3 heterocycles. The third kappa shape index (κ3) is 5.99. The summed E-state index contributed by atoms with van der Waals surface area (Å²) in [5, 5.41) is 5.45. The Kier molecular flexibility index (Phi) is 9.01. The molecular weight excluding hydrogens is 608 g/mol. The predicted octanol–water partition coefficient (Wildman–Crippen LogP) is 3.21. The van der Waals surface area contributed by atoms with E-state index in [-0.39, 0.29) is 48.2 Å². The Morgan fingerprint density at radius 2 is 1.79 bits per heavy atom. The second-order valence-electron chi connectivity index (χ2n) is 15.0. The molecule has 3 aliphatic heterocycles. The normalized spacial score (nSPS) is 35.5. The van der Waals surface area contributed by atoms with Crippen molar-refractivity contribution in [2.75, 3.05) is 46.2 Å². The highest BCUT2D eigenvalue weighted by Gasteiger charge is 2.76. The van der Waals surface area contributed by atoms with Gasteiger partial charge in [0.05, 0.1) is 19.2 Å². The highest BCUT2D eigenvalue weighted by molar-refractivity contribution is 6.00. The van der Waals surface area contributed by atoms with Gasteiger partial charge in [0.2, 0.25) is 11.6 Å². The summed E-state index contributed by atoms with van der Waals surface area (Å²) in [5.41, 5.74) is -2.12. The van der Waals surface area contributed by atoms with E-state index in [4.69, 9.17) is 4.74 Å². The molecule has 2 N–H and O–H groups in total. The number of carbonyl (C=O) groups excluding carboxylic acids is 4. The van der Waals surface area contributed by atoms with Crippen LogP contribution in [0.3, 0.4) is 0 Å². The molecule has 3 aliphatic carbocycles. The summed E-state index contributed by atoms with van der Waals surface area (Å²) < 4.78 is 37.9. The van der Waals surface area contributed by atoms with Crippen molar-refractivity contribution >= 4 is 29.3 Å². The Labute approximate surface area is 276 Å². The maximum Gasteiger partial charge on any atom is 0.343 e. The van der Waals surface area contributed by atoms with E-state index in [1.165, 1.54) is 19.2 Å². The molecule has 4 amide bonds. The zero-order chi connectivity index (χ0) is 34.0. The van der Waals surface area contributed by atoms with Crippen molar-refractivity contribution in [3.05, 3.63) is 29.6 Å². The van der Waals surface area contributed by atoms with Crippen molar-refractivity contribution in [2.45, 2.75) is 101 Å². The number of quaternary nitrogens is 1. The number of methoxy groups -OCH3 is 1. The average molecular weight is 659 g/mol. The van der Waals surface area contributed by atoms with Gasteiger partial charge < -0.3 is 25.2 Å². The van der Waals surface area contributed by atoms with Crippen LogP contribution in [-0.4, -0.2) is 115 Å². The quantitative estimate of drug-likeness (QED) is 0.436. The van der Waals surface area contributed by atoms with Crippen LogP contribution in [0.1, 0.15) is 70.8 Å². The second-order valence-corrected chi connectivity index (χ2v) is 15.0. The zero-order valence-electron chi connectivity index (χ0n) is 28.4. The minimum Gasteiger partial charge on any atom is -0.367 e. The lowest BCUT2D eigenvalue weighted by Crippen LogP contribution is -2.70. The summed E-state index contributed by atoms with van der Waals surface area (Å²) in [5.74, 6) is -3.59. The van der Waals surface area contributed by atoms with E-state index in [1.807, 2.05) is 14.0 Å².